The van der Waals surface area contributed by atoms with Gasteiger partial charge in [0.2, 0.25) is 5.91 Å². The number of ether oxygens (including phenoxy) is 1. The smallest absolute Gasteiger partial charge is 0.333 e. The number of thioether (sulfide) groups is 1. The van der Waals surface area contributed by atoms with E-state index in [1.54, 1.807) is 36.4 Å². The van der Waals surface area contributed by atoms with Gasteiger partial charge in [0, 0.05) is 12.1 Å². The van der Waals surface area contributed by atoms with Crippen LogP contribution in [0.2, 0.25) is 0 Å². The summed E-state index contributed by atoms with van der Waals surface area (Å²) in [6.07, 6.45) is 0.619. The predicted octanol–water partition coefficient (Wildman–Crippen LogP) is 3.14. The Labute approximate surface area is 178 Å². The van der Waals surface area contributed by atoms with Gasteiger partial charge in [-0.1, -0.05) is 54.2 Å². The molecule has 0 bridgehead atoms. The fourth-order valence-corrected chi connectivity index (χ4v) is 3.64. The lowest BCUT2D eigenvalue weighted by Crippen LogP contribution is -2.35. The quantitative estimate of drug-likeness (QED) is 0.378. The van der Waals surface area contributed by atoms with Crippen molar-refractivity contribution in [3.63, 3.8) is 0 Å². The standard InChI is InChI=1S/C22H23N3O4S/c1-14-18(12-15-8-10-17(26)11-9-15)24-22(23-14)30-13-19(27)25-20(21(28)29-2)16-6-4-3-5-7-16/h3-11,20,26H,12-13H2,1-2H3,(H,23,24)(H,25,27). The molecule has 3 N–H and O–H groups in total. The van der Waals surface area contributed by atoms with Crippen molar-refractivity contribution < 1.29 is 19.4 Å². The van der Waals surface area contributed by atoms with Crippen molar-refractivity contribution in [1.29, 1.82) is 0 Å². The molecule has 0 aliphatic rings. The summed E-state index contributed by atoms with van der Waals surface area (Å²) in [4.78, 5) is 32.3. The molecular formula is C22H23N3O4S. The molecule has 0 saturated heterocycles. The van der Waals surface area contributed by atoms with Crippen LogP contribution in [0.4, 0.5) is 0 Å². The lowest BCUT2D eigenvalue weighted by Gasteiger charge is -2.16. The van der Waals surface area contributed by atoms with E-state index in [9.17, 15) is 14.7 Å². The number of phenolic OH excluding ortho intramolecular Hbond substituents is 1. The highest BCUT2D eigenvalue weighted by Gasteiger charge is 2.23. The number of benzene rings is 2. The number of aromatic amines is 1. The summed E-state index contributed by atoms with van der Waals surface area (Å²) >= 11 is 1.26. The summed E-state index contributed by atoms with van der Waals surface area (Å²) in [5.74, 6) is -0.496. The van der Waals surface area contributed by atoms with Crippen LogP contribution in [0.3, 0.4) is 0 Å². The first-order valence-corrected chi connectivity index (χ1v) is 10.3. The minimum atomic E-state index is -0.854. The molecule has 0 fully saturated rings. The van der Waals surface area contributed by atoms with Crippen LogP contribution in [-0.2, 0) is 20.7 Å². The molecule has 0 aliphatic heterocycles. The summed E-state index contributed by atoms with van der Waals surface area (Å²) in [5, 5.41) is 12.7. The number of carbonyl (C=O) groups is 2. The fraction of sp³-hybridized carbons (Fsp3) is 0.227. The van der Waals surface area contributed by atoms with Gasteiger partial charge in [-0.25, -0.2) is 9.78 Å². The molecule has 0 spiro atoms. The molecule has 156 valence electrons. The second-order valence-electron chi connectivity index (χ2n) is 6.68. The lowest BCUT2D eigenvalue weighted by atomic mass is 10.1. The van der Waals surface area contributed by atoms with Gasteiger partial charge in [0.1, 0.15) is 5.75 Å². The zero-order chi connectivity index (χ0) is 21.5. The molecule has 1 atom stereocenters. The number of aryl methyl sites for hydroxylation is 1. The van der Waals surface area contributed by atoms with Crippen LogP contribution in [0.25, 0.3) is 0 Å². The number of nitrogens with one attached hydrogen (secondary N) is 2. The van der Waals surface area contributed by atoms with E-state index in [1.165, 1.54) is 18.9 Å². The molecule has 7 nitrogen and oxygen atoms in total. The molecule has 3 rings (SSSR count). The van der Waals surface area contributed by atoms with Crippen molar-refractivity contribution in [1.82, 2.24) is 15.3 Å². The third-order valence-electron chi connectivity index (χ3n) is 4.49. The number of phenols is 1. The highest BCUT2D eigenvalue weighted by atomic mass is 32.2. The van der Waals surface area contributed by atoms with E-state index in [4.69, 9.17) is 4.74 Å². The third kappa shape index (κ3) is 5.64. The van der Waals surface area contributed by atoms with Crippen LogP contribution in [0.5, 0.6) is 5.75 Å². The molecular weight excluding hydrogens is 402 g/mol. The summed E-state index contributed by atoms with van der Waals surface area (Å²) in [6, 6.07) is 15.1. The molecule has 2 aromatic carbocycles. The van der Waals surface area contributed by atoms with Crippen molar-refractivity contribution in [3.8, 4) is 5.75 Å². The summed E-state index contributed by atoms with van der Waals surface area (Å²) in [6.45, 7) is 1.93. The van der Waals surface area contributed by atoms with Gasteiger partial charge in [0.25, 0.3) is 0 Å². The minimum Gasteiger partial charge on any atom is -0.508 e. The van der Waals surface area contributed by atoms with Gasteiger partial charge in [-0.2, -0.15) is 0 Å². The van der Waals surface area contributed by atoms with Crippen molar-refractivity contribution in [2.75, 3.05) is 12.9 Å². The first-order chi connectivity index (χ1) is 14.5. The van der Waals surface area contributed by atoms with E-state index in [0.29, 0.717) is 17.1 Å². The van der Waals surface area contributed by atoms with Gasteiger partial charge in [0.05, 0.1) is 18.6 Å². The number of aromatic nitrogens is 2. The predicted molar refractivity (Wildman–Crippen MR) is 114 cm³/mol. The topological polar surface area (TPSA) is 104 Å². The first-order valence-electron chi connectivity index (χ1n) is 9.34. The van der Waals surface area contributed by atoms with E-state index in [0.717, 1.165) is 17.0 Å². The molecule has 1 aromatic heterocycles. The normalized spacial score (nSPS) is 11.7. The van der Waals surface area contributed by atoms with Crippen LogP contribution in [-0.4, -0.2) is 39.8 Å². The van der Waals surface area contributed by atoms with Gasteiger partial charge in [-0.05, 0) is 30.2 Å². The SMILES string of the molecule is COC(=O)C(NC(=O)CSc1nc(Cc2ccc(O)cc2)c(C)[nH]1)c1ccccc1. The average Bonchev–Trinajstić information content (AvgIpc) is 3.11. The van der Waals surface area contributed by atoms with Crippen molar-refractivity contribution in [2.24, 2.45) is 0 Å². The minimum absolute atomic E-state index is 0.103. The number of aromatic hydroxyl groups is 1. The Morgan fingerprint density at radius 3 is 2.53 bits per heavy atom. The van der Waals surface area contributed by atoms with E-state index in [2.05, 4.69) is 15.3 Å². The number of methoxy groups -OCH3 is 1. The van der Waals surface area contributed by atoms with E-state index < -0.39 is 12.0 Å². The zero-order valence-electron chi connectivity index (χ0n) is 16.7. The van der Waals surface area contributed by atoms with Crippen LogP contribution >= 0.6 is 11.8 Å². The van der Waals surface area contributed by atoms with Crippen molar-refractivity contribution in [2.45, 2.75) is 24.5 Å². The Hall–Kier alpha value is -3.26. The zero-order valence-corrected chi connectivity index (χ0v) is 17.5. The van der Waals surface area contributed by atoms with Crippen LogP contribution in [0.1, 0.15) is 28.6 Å². The van der Waals surface area contributed by atoms with E-state index in [-0.39, 0.29) is 17.4 Å². The number of esters is 1. The number of carbonyl (C=O) groups excluding carboxylic acids is 2. The van der Waals surface area contributed by atoms with Gasteiger partial charge in [0.15, 0.2) is 11.2 Å². The van der Waals surface area contributed by atoms with Crippen molar-refractivity contribution in [3.05, 3.63) is 77.1 Å². The summed E-state index contributed by atoms with van der Waals surface area (Å²) in [7, 11) is 1.29. The Kier molecular flexibility index (Phi) is 7.13. The molecule has 1 unspecified atom stereocenters. The number of H-pyrrole nitrogens is 1. The number of amides is 1. The molecule has 0 radical (unpaired) electrons. The van der Waals surface area contributed by atoms with Crippen molar-refractivity contribution >= 4 is 23.6 Å². The fourth-order valence-electron chi connectivity index (χ4n) is 2.89. The number of nitrogens with zero attached hydrogens (tertiary/aromatic N) is 1. The molecule has 1 heterocycles. The first kappa shape index (κ1) is 21.4. The van der Waals surface area contributed by atoms with Gasteiger partial charge < -0.3 is 20.1 Å². The summed E-state index contributed by atoms with van der Waals surface area (Å²) < 4.78 is 4.82. The third-order valence-corrected chi connectivity index (χ3v) is 5.36. The van der Waals surface area contributed by atoms with Gasteiger partial charge in [-0.15, -0.1) is 0 Å². The van der Waals surface area contributed by atoms with Crippen LogP contribution < -0.4 is 5.32 Å². The molecule has 8 heteroatoms. The molecule has 0 saturated carbocycles. The molecule has 3 aromatic rings. The maximum atomic E-state index is 12.4. The van der Waals surface area contributed by atoms with Gasteiger partial charge >= 0.3 is 5.97 Å². The monoisotopic (exact) mass is 425 g/mol. The summed E-state index contributed by atoms with van der Waals surface area (Å²) in [5.41, 5.74) is 3.48. The maximum absolute atomic E-state index is 12.4. The number of hydrogen-bond acceptors (Lipinski definition) is 6. The van der Waals surface area contributed by atoms with Crippen LogP contribution in [0.15, 0.2) is 59.8 Å². The Bertz CT molecular complexity index is 1000. The number of hydrogen-bond donors (Lipinski definition) is 3. The second-order valence-corrected chi connectivity index (χ2v) is 7.64. The molecule has 1 amide bonds. The maximum Gasteiger partial charge on any atom is 0.333 e. The van der Waals surface area contributed by atoms with Gasteiger partial charge in [-0.3, -0.25) is 4.79 Å². The Morgan fingerprint density at radius 2 is 1.87 bits per heavy atom. The number of imidazole rings is 1. The number of rotatable bonds is 8. The van der Waals surface area contributed by atoms with E-state index >= 15 is 0 Å². The molecule has 30 heavy (non-hydrogen) atoms. The van der Waals surface area contributed by atoms with E-state index in [1.807, 2.05) is 25.1 Å². The largest absolute Gasteiger partial charge is 0.508 e. The Balaban J connectivity index is 1.60. The highest BCUT2D eigenvalue weighted by molar-refractivity contribution is 7.99. The lowest BCUT2D eigenvalue weighted by molar-refractivity contribution is -0.145. The highest BCUT2D eigenvalue weighted by Crippen LogP contribution is 2.21. The molecule has 0 aliphatic carbocycles. The van der Waals surface area contributed by atoms with Crippen LogP contribution in [0, 0.1) is 6.92 Å². The Morgan fingerprint density at radius 1 is 1.17 bits per heavy atom. The second kappa shape index (κ2) is 9.98. The average molecular weight is 426 g/mol.